The van der Waals surface area contributed by atoms with Crippen LogP contribution in [0.5, 0.6) is 0 Å². The Balaban J connectivity index is 1.86. The maximum atomic E-state index is 12.0. The molecule has 0 saturated heterocycles. The lowest BCUT2D eigenvalue weighted by molar-refractivity contribution is 0.223. The van der Waals surface area contributed by atoms with Gasteiger partial charge in [0.1, 0.15) is 0 Å². The molecule has 20 heavy (non-hydrogen) atoms. The number of halogens is 1. The van der Waals surface area contributed by atoms with Crippen LogP contribution in [-0.2, 0) is 6.42 Å². The number of likely N-dealkylation sites (N-methyl/N-ethyl adjacent to an activating group) is 1. The molecule has 0 bridgehead atoms. The van der Waals surface area contributed by atoms with E-state index in [9.17, 15) is 4.79 Å². The standard InChI is InChI=1S/C16H17BrN2O/c1-19(11-10-13-6-3-2-4-7-13)16(20)18-15-9-5-8-14(17)12-15/h2-9,12H,10-11H2,1H3,(H,18,20). The summed E-state index contributed by atoms with van der Waals surface area (Å²) in [6.45, 7) is 0.684. The zero-order valence-electron chi connectivity index (χ0n) is 11.3. The van der Waals surface area contributed by atoms with Crippen LogP contribution < -0.4 is 5.32 Å². The van der Waals surface area contributed by atoms with Gasteiger partial charge in [-0.3, -0.25) is 0 Å². The lowest BCUT2D eigenvalue weighted by Gasteiger charge is -2.18. The van der Waals surface area contributed by atoms with Gasteiger partial charge in [0, 0.05) is 23.8 Å². The largest absolute Gasteiger partial charge is 0.327 e. The molecule has 0 aromatic heterocycles. The average molecular weight is 333 g/mol. The van der Waals surface area contributed by atoms with Crippen molar-refractivity contribution in [2.75, 3.05) is 18.9 Å². The lowest BCUT2D eigenvalue weighted by atomic mass is 10.1. The number of urea groups is 1. The van der Waals surface area contributed by atoms with E-state index in [0.29, 0.717) is 6.54 Å². The number of carbonyl (C=O) groups is 1. The predicted octanol–water partition coefficient (Wildman–Crippen LogP) is 4.16. The Bertz CT molecular complexity index is 572. The number of anilines is 1. The summed E-state index contributed by atoms with van der Waals surface area (Å²) >= 11 is 3.39. The molecule has 0 radical (unpaired) electrons. The zero-order chi connectivity index (χ0) is 14.4. The molecule has 0 unspecified atom stereocenters. The zero-order valence-corrected chi connectivity index (χ0v) is 12.9. The molecule has 0 aliphatic carbocycles. The van der Waals surface area contributed by atoms with E-state index < -0.39 is 0 Å². The number of nitrogens with zero attached hydrogens (tertiary/aromatic N) is 1. The first-order valence-corrected chi connectivity index (χ1v) is 7.26. The number of nitrogens with one attached hydrogen (secondary N) is 1. The van der Waals surface area contributed by atoms with E-state index in [1.807, 2.05) is 42.5 Å². The first-order chi connectivity index (χ1) is 9.65. The second kappa shape index (κ2) is 7.10. The molecule has 0 fully saturated rings. The van der Waals surface area contributed by atoms with E-state index in [1.165, 1.54) is 5.56 Å². The van der Waals surface area contributed by atoms with Crippen LogP contribution in [0.15, 0.2) is 59.1 Å². The van der Waals surface area contributed by atoms with Crippen LogP contribution in [0.4, 0.5) is 10.5 Å². The number of hydrogen-bond acceptors (Lipinski definition) is 1. The molecule has 0 spiro atoms. The van der Waals surface area contributed by atoms with Crippen molar-refractivity contribution >= 4 is 27.6 Å². The van der Waals surface area contributed by atoms with E-state index in [4.69, 9.17) is 0 Å². The van der Waals surface area contributed by atoms with E-state index in [1.54, 1.807) is 11.9 Å². The fourth-order valence-electron chi connectivity index (χ4n) is 1.83. The van der Waals surface area contributed by atoms with Crippen LogP contribution in [0.1, 0.15) is 5.56 Å². The summed E-state index contributed by atoms with van der Waals surface area (Å²) in [5.41, 5.74) is 2.02. The minimum Gasteiger partial charge on any atom is -0.327 e. The van der Waals surface area contributed by atoms with Gasteiger partial charge in [0.05, 0.1) is 0 Å². The third-order valence-electron chi connectivity index (χ3n) is 3.00. The molecule has 0 heterocycles. The van der Waals surface area contributed by atoms with E-state index >= 15 is 0 Å². The highest BCUT2D eigenvalue weighted by Gasteiger charge is 2.08. The summed E-state index contributed by atoms with van der Waals surface area (Å²) in [5, 5.41) is 2.88. The Labute approximate surface area is 127 Å². The van der Waals surface area contributed by atoms with Gasteiger partial charge < -0.3 is 10.2 Å². The minimum absolute atomic E-state index is 0.0981. The predicted molar refractivity (Wildman–Crippen MR) is 85.9 cm³/mol. The maximum Gasteiger partial charge on any atom is 0.321 e. The van der Waals surface area contributed by atoms with Crippen molar-refractivity contribution in [3.05, 3.63) is 64.6 Å². The highest BCUT2D eigenvalue weighted by molar-refractivity contribution is 9.10. The average Bonchev–Trinajstić information content (AvgIpc) is 2.46. The summed E-state index contributed by atoms with van der Waals surface area (Å²) in [6, 6.07) is 17.6. The van der Waals surface area contributed by atoms with Gasteiger partial charge in [0.25, 0.3) is 0 Å². The van der Waals surface area contributed by atoms with Crippen LogP contribution in [0.2, 0.25) is 0 Å². The molecule has 4 heteroatoms. The van der Waals surface area contributed by atoms with Gasteiger partial charge >= 0.3 is 6.03 Å². The Morgan fingerprint density at radius 3 is 2.60 bits per heavy atom. The molecular formula is C16H17BrN2O. The number of benzene rings is 2. The molecule has 0 aliphatic heterocycles. The summed E-state index contributed by atoms with van der Waals surface area (Å²) in [6.07, 6.45) is 0.850. The molecule has 2 rings (SSSR count). The van der Waals surface area contributed by atoms with Crippen molar-refractivity contribution in [3.63, 3.8) is 0 Å². The summed E-state index contributed by atoms with van der Waals surface area (Å²) in [7, 11) is 1.80. The van der Waals surface area contributed by atoms with Crippen molar-refractivity contribution in [1.82, 2.24) is 4.90 Å². The van der Waals surface area contributed by atoms with Gasteiger partial charge in [-0.2, -0.15) is 0 Å². The fourth-order valence-corrected chi connectivity index (χ4v) is 2.23. The van der Waals surface area contributed by atoms with Gasteiger partial charge in [-0.15, -0.1) is 0 Å². The molecule has 0 saturated carbocycles. The Hall–Kier alpha value is -1.81. The van der Waals surface area contributed by atoms with Crippen LogP contribution in [0.25, 0.3) is 0 Å². The second-order valence-electron chi connectivity index (χ2n) is 4.60. The molecule has 2 aromatic rings. The van der Waals surface area contributed by atoms with E-state index in [0.717, 1.165) is 16.6 Å². The van der Waals surface area contributed by atoms with Gasteiger partial charge in [-0.25, -0.2) is 4.79 Å². The highest BCUT2D eigenvalue weighted by atomic mass is 79.9. The summed E-state index contributed by atoms with van der Waals surface area (Å²) in [5.74, 6) is 0. The Morgan fingerprint density at radius 2 is 1.90 bits per heavy atom. The SMILES string of the molecule is CN(CCc1ccccc1)C(=O)Nc1cccc(Br)c1. The molecule has 0 aliphatic rings. The minimum atomic E-state index is -0.0981. The van der Waals surface area contributed by atoms with Crippen molar-refractivity contribution in [2.45, 2.75) is 6.42 Å². The van der Waals surface area contributed by atoms with Gasteiger partial charge in [-0.1, -0.05) is 52.3 Å². The molecule has 2 amide bonds. The third-order valence-corrected chi connectivity index (χ3v) is 3.49. The van der Waals surface area contributed by atoms with Crippen molar-refractivity contribution in [1.29, 1.82) is 0 Å². The van der Waals surface area contributed by atoms with E-state index in [2.05, 4.69) is 33.4 Å². The first kappa shape index (κ1) is 14.6. The molecule has 2 aromatic carbocycles. The second-order valence-corrected chi connectivity index (χ2v) is 5.51. The first-order valence-electron chi connectivity index (χ1n) is 6.47. The smallest absolute Gasteiger partial charge is 0.321 e. The molecule has 0 atom stereocenters. The van der Waals surface area contributed by atoms with Gasteiger partial charge in [0.2, 0.25) is 0 Å². The van der Waals surface area contributed by atoms with Gasteiger partial charge in [0.15, 0.2) is 0 Å². The highest BCUT2D eigenvalue weighted by Crippen LogP contribution is 2.15. The molecule has 1 N–H and O–H groups in total. The summed E-state index contributed by atoms with van der Waals surface area (Å²) in [4.78, 5) is 13.7. The molecule has 104 valence electrons. The van der Waals surface area contributed by atoms with Crippen molar-refractivity contribution in [3.8, 4) is 0 Å². The summed E-state index contributed by atoms with van der Waals surface area (Å²) < 4.78 is 0.947. The van der Waals surface area contributed by atoms with E-state index in [-0.39, 0.29) is 6.03 Å². The maximum absolute atomic E-state index is 12.0. The fraction of sp³-hybridized carbons (Fsp3) is 0.188. The van der Waals surface area contributed by atoms with Crippen LogP contribution in [0, 0.1) is 0 Å². The van der Waals surface area contributed by atoms with Crippen LogP contribution in [0.3, 0.4) is 0 Å². The Morgan fingerprint density at radius 1 is 1.15 bits per heavy atom. The third kappa shape index (κ3) is 4.38. The molecular weight excluding hydrogens is 316 g/mol. The number of hydrogen-bond donors (Lipinski definition) is 1. The topological polar surface area (TPSA) is 32.3 Å². The Kier molecular flexibility index (Phi) is 5.18. The molecule has 3 nitrogen and oxygen atoms in total. The van der Waals surface area contributed by atoms with Crippen LogP contribution in [-0.4, -0.2) is 24.5 Å². The quantitative estimate of drug-likeness (QED) is 0.895. The van der Waals surface area contributed by atoms with Crippen LogP contribution >= 0.6 is 15.9 Å². The van der Waals surface area contributed by atoms with Crippen molar-refractivity contribution < 1.29 is 4.79 Å². The van der Waals surface area contributed by atoms with Gasteiger partial charge in [-0.05, 0) is 30.2 Å². The monoisotopic (exact) mass is 332 g/mol. The number of amides is 2. The normalized spacial score (nSPS) is 10.1. The lowest BCUT2D eigenvalue weighted by Crippen LogP contribution is -2.32. The number of rotatable bonds is 4. The van der Waals surface area contributed by atoms with Crippen molar-refractivity contribution in [2.24, 2.45) is 0 Å². The number of carbonyl (C=O) groups excluding carboxylic acids is 1.